The van der Waals surface area contributed by atoms with Gasteiger partial charge in [0, 0.05) is 33.7 Å². The quantitative estimate of drug-likeness (QED) is 0.575. The zero-order valence-corrected chi connectivity index (χ0v) is 17.1. The van der Waals surface area contributed by atoms with Gasteiger partial charge in [0.1, 0.15) is 23.8 Å². The van der Waals surface area contributed by atoms with Gasteiger partial charge in [-0.15, -0.1) is 0 Å². The van der Waals surface area contributed by atoms with E-state index in [1.54, 1.807) is 11.2 Å². The first kappa shape index (κ1) is 19.8. The van der Waals surface area contributed by atoms with Crippen LogP contribution in [0.15, 0.2) is 17.1 Å². The summed E-state index contributed by atoms with van der Waals surface area (Å²) < 4.78 is 11.6. The van der Waals surface area contributed by atoms with Gasteiger partial charge in [0.2, 0.25) is 0 Å². The fraction of sp³-hybridized carbons (Fsp3) is 0.550. The normalized spacial score (nSPS) is 18.8. The molecule has 1 aromatic rings. The van der Waals surface area contributed by atoms with Gasteiger partial charge in [0.05, 0.1) is 23.8 Å². The highest BCUT2D eigenvalue weighted by atomic mass is 16.6. The van der Waals surface area contributed by atoms with E-state index >= 15 is 0 Å². The molecule has 1 fully saturated rings. The molecule has 0 unspecified atom stereocenters. The number of rotatable bonds is 2. The Kier molecular flexibility index (Phi) is 5.36. The van der Waals surface area contributed by atoms with Crippen LogP contribution in [0.5, 0.6) is 5.75 Å². The Hall–Kier alpha value is -2.95. The first-order valence-electron chi connectivity index (χ1n) is 9.34. The molecule has 2 aliphatic rings. The second-order valence-corrected chi connectivity index (χ2v) is 8.21. The number of benzene rings is 1. The maximum Gasteiger partial charge on any atom is 0.410 e. The molecular formula is C20H27N5O3. The maximum absolute atomic E-state index is 12.6. The molecule has 8 heteroatoms. The van der Waals surface area contributed by atoms with Crippen molar-refractivity contribution < 1.29 is 14.3 Å². The topological polar surface area (TPSA) is 81.4 Å². The highest BCUT2D eigenvalue weighted by molar-refractivity contribution is 5.76. The second kappa shape index (κ2) is 7.58. The van der Waals surface area contributed by atoms with E-state index in [1.165, 1.54) is 0 Å². The van der Waals surface area contributed by atoms with Crippen molar-refractivity contribution in [1.29, 1.82) is 5.26 Å². The predicted molar refractivity (Wildman–Crippen MR) is 107 cm³/mol. The van der Waals surface area contributed by atoms with Crippen molar-refractivity contribution in [2.24, 2.45) is 4.99 Å². The molecule has 0 aliphatic carbocycles. The molecule has 150 valence electrons. The van der Waals surface area contributed by atoms with Gasteiger partial charge in [-0.25, -0.2) is 9.79 Å². The molecule has 0 aromatic heterocycles. The van der Waals surface area contributed by atoms with Gasteiger partial charge in [-0.1, -0.05) is 0 Å². The molecular weight excluding hydrogens is 358 g/mol. The summed E-state index contributed by atoms with van der Waals surface area (Å²) >= 11 is 0. The standard InChI is InChI=1S/C20H27N5O3/c1-20(2,3)28-19(26)25-9-8-24-11-14(25)12-27-18-15(10-21)16(6-7-17(18)24)22-13-23(4)5/h6-7,13-14H,8-9,11-12H2,1-5H3/b22-13+/t14-/m0/s1. The van der Waals surface area contributed by atoms with Gasteiger partial charge in [-0.05, 0) is 32.9 Å². The van der Waals surface area contributed by atoms with Gasteiger partial charge in [-0.2, -0.15) is 5.26 Å². The van der Waals surface area contributed by atoms with Crippen LogP contribution >= 0.6 is 0 Å². The van der Waals surface area contributed by atoms with Gasteiger partial charge in [0.15, 0.2) is 5.75 Å². The zero-order valence-electron chi connectivity index (χ0n) is 17.1. The molecule has 0 N–H and O–H groups in total. The molecule has 2 bridgehead atoms. The number of fused-ring (bicyclic) bond motifs is 4. The van der Waals surface area contributed by atoms with Crippen molar-refractivity contribution in [2.75, 3.05) is 45.2 Å². The molecule has 8 nitrogen and oxygen atoms in total. The number of anilines is 1. The fourth-order valence-corrected chi connectivity index (χ4v) is 3.31. The van der Waals surface area contributed by atoms with Gasteiger partial charge in [0.25, 0.3) is 0 Å². The van der Waals surface area contributed by atoms with E-state index < -0.39 is 5.60 Å². The van der Waals surface area contributed by atoms with E-state index in [2.05, 4.69) is 16.0 Å². The Bertz CT molecular complexity index is 822. The van der Waals surface area contributed by atoms with E-state index in [1.807, 2.05) is 51.9 Å². The lowest BCUT2D eigenvalue weighted by Gasteiger charge is -2.40. The fourth-order valence-electron chi connectivity index (χ4n) is 3.31. The minimum Gasteiger partial charge on any atom is -0.488 e. The lowest BCUT2D eigenvalue weighted by atomic mass is 10.1. The van der Waals surface area contributed by atoms with Crippen molar-refractivity contribution in [3.8, 4) is 11.8 Å². The lowest BCUT2D eigenvalue weighted by molar-refractivity contribution is 0.00975. The smallest absolute Gasteiger partial charge is 0.410 e. The van der Waals surface area contributed by atoms with Crippen LogP contribution in [0.2, 0.25) is 0 Å². The van der Waals surface area contributed by atoms with Gasteiger partial charge >= 0.3 is 6.09 Å². The summed E-state index contributed by atoms with van der Waals surface area (Å²) in [5.74, 6) is 0.532. The Morgan fingerprint density at radius 1 is 1.39 bits per heavy atom. The molecule has 1 saturated heterocycles. The van der Waals surface area contributed by atoms with Gasteiger partial charge in [-0.3, -0.25) is 4.90 Å². The number of hydrogen-bond acceptors (Lipinski definition) is 6. The van der Waals surface area contributed by atoms with Crippen molar-refractivity contribution in [3.63, 3.8) is 0 Å². The number of carbonyl (C=O) groups is 1. The van der Waals surface area contributed by atoms with Crippen LogP contribution in [0.3, 0.4) is 0 Å². The SMILES string of the molecule is CN(C)/C=N/c1ccc2c(c1C#N)OC[C@@H]1CN2CCN1C(=O)OC(C)(C)C. The largest absolute Gasteiger partial charge is 0.488 e. The van der Waals surface area contributed by atoms with Crippen LogP contribution in [0.4, 0.5) is 16.2 Å². The molecule has 2 aliphatic heterocycles. The van der Waals surface area contributed by atoms with E-state index in [0.29, 0.717) is 43.2 Å². The third kappa shape index (κ3) is 4.14. The first-order chi connectivity index (χ1) is 13.2. The Labute approximate surface area is 165 Å². The number of nitriles is 1. The summed E-state index contributed by atoms with van der Waals surface area (Å²) in [6.45, 7) is 7.71. The average Bonchev–Trinajstić information content (AvgIpc) is 2.75. The second-order valence-electron chi connectivity index (χ2n) is 8.21. The maximum atomic E-state index is 12.6. The number of amides is 1. The molecule has 2 heterocycles. The van der Waals surface area contributed by atoms with Crippen molar-refractivity contribution in [2.45, 2.75) is 32.4 Å². The Morgan fingerprint density at radius 2 is 2.14 bits per heavy atom. The first-order valence-corrected chi connectivity index (χ1v) is 9.34. The number of carbonyl (C=O) groups excluding carboxylic acids is 1. The number of ether oxygens (including phenoxy) is 2. The summed E-state index contributed by atoms with van der Waals surface area (Å²) in [5, 5.41) is 9.72. The van der Waals surface area contributed by atoms with Crippen LogP contribution in [0.1, 0.15) is 26.3 Å². The van der Waals surface area contributed by atoms with Crippen LogP contribution in [-0.2, 0) is 4.74 Å². The van der Waals surface area contributed by atoms with Crippen LogP contribution < -0.4 is 9.64 Å². The van der Waals surface area contributed by atoms with E-state index in [9.17, 15) is 10.1 Å². The number of piperazine rings is 1. The van der Waals surface area contributed by atoms with Crippen molar-refractivity contribution in [3.05, 3.63) is 17.7 Å². The molecule has 0 saturated carbocycles. The molecule has 1 aromatic carbocycles. The van der Waals surface area contributed by atoms with Crippen LogP contribution in [-0.4, -0.2) is 74.2 Å². The molecule has 1 atom stereocenters. The predicted octanol–water partition coefficient (Wildman–Crippen LogP) is 2.60. The summed E-state index contributed by atoms with van der Waals surface area (Å²) in [6.07, 6.45) is 1.32. The minimum atomic E-state index is -0.546. The summed E-state index contributed by atoms with van der Waals surface area (Å²) in [6, 6.07) is 5.86. The van der Waals surface area contributed by atoms with Gasteiger partial charge < -0.3 is 19.3 Å². The molecule has 28 heavy (non-hydrogen) atoms. The third-order valence-corrected chi connectivity index (χ3v) is 4.53. The molecule has 0 spiro atoms. The van der Waals surface area contributed by atoms with Crippen LogP contribution in [0.25, 0.3) is 0 Å². The van der Waals surface area contributed by atoms with E-state index in [4.69, 9.17) is 9.47 Å². The zero-order chi connectivity index (χ0) is 20.5. The minimum absolute atomic E-state index is 0.142. The summed E-state index contributed by atoms with van der Waals surface area (Å²) in [4.78, 5) is 22.7. The molecule has 0 radical (unpaired) electrons. The molecule has 1 amide bonds. The average molecular weight is 385 g/mol. The van der Waals surface area contributed by atoms with Crippen LogP contribution in [0, 0.1) is 11.3 Å². The third-order valence-electron chi connectivity index (χ3n) is 4.53. The number of hydrogen-bond donors (Lipinski definition) is 0. The summed E-state index contributed by atoms with van der Waals surface area (Å²) in [5.41, 5.74) is 1.30. The number of nitrogens with zero attached hydrogens (tertiary/aromatic N) is 5. The highest BCUT2D eigenvalue weighted by Gasteiger charge is 2.37. The van der Waals surface area contributed by atoms with Crippen molar-refractivity contribution in [1.82, 2.24) is 9.80 Å². The monoisotopic (exact) mass is 385 g/mol. The number of aliphatic imine (C=N–C) groups is 1. The Morgan fingerprint density at radius 3 is 2.79 bits per heavy atom. The lowest BCUT2D eigenvalue weighted by Crippen LogP contribution is -2.57. The van der Waals surface area contributed by atoms with E-state index in [0.717, 1.165) is 5.69 Å². The highest BCUT2D eigenvalue weighted by Crippen LogP contribution is 2.40. The summed E-state index contributed by atoms with van der Waals surface area (Å²) in [7, 11) is 3.74. The van der Waals surface area contributed by atoms with Crippen molar-refractivity contribution >= 4 is 23.8 Å². The Balaban J connectivity index is 1.88. The molecule has 3 rings (SSSR count). The van der Waals surface area contributed by atoms with E-state index in [-0.39, 0.29) is 12.1 Å².